The van der Waals surface area contributed by atoms with Gasteiger partial charge < -0.3 is 4.74 Å². The molecule has 0 aromatic heterocycles. The van der Waals surface area contributed by atoms with Crippen LogP contribution in [-0.4, -0.2) is 31.1 Å². The average Bonchev–Trinajstić information content (AvgIpc) is 2.14. The Hall–Kier alpha value is -0.580. The van der Waals surface area contributed by atoms with Crippen molar-refractivity contribution in [2.75, 3.05) is 13.2 Å². The van der Waals surface area contributed by atoms with Gasteiger partial charge in [0.2, 0.25) is 0 Å². The van der Waals surface area contributed by atoms with E-state index in [1.54, 1.807) is 0 Å². The molecule has 0 N–H and O–H groups in total. The second-order valence-electron chi connectivity index (χ2n) is 4.07. The van der Waals surface area contributed by atoms with E-state index in [-0.39, 0.29) is 6.10 Å². The number of alkyl halides is 3. The molecule has 0 radical (unpaired) electrons. The van der Waals surface area contributed by atoms with Crippen LogP contribution in [0.5, 0.6) is 0 Å². The minimum Gasteiger partial charge on any atom is -0.367 e. The maximum absolute atomic E-state index is 11.9. The van der Waals surface area contributed by atoms with Crippen molar-refractivity contribution in [3.8, 4) is 0 Å². The van der Waals surface area contributed by atoms with Gasteiger partial charge in [-0.2, -0.15) is 13.2 Å². The molecule has 88 valence electrons. The summed E-state index contributed by atoms with van der Waals surface area (Å²) in [6.07, 6.45) is -3.20. The molecule has 1 rings (SSSR count). The predicted molar refractivity (Wildman–Crippen MR) is 52.2 cm³/mol. The van der Waals surface area contributed by atoms with E-state index in [4.69, 9.17) is 4.74 Å². The summed E-state index contributed by atoms with van der Waals surface area (Å²) in [7, 11) is 0. The van der Waals surface area contributed by atoms with Gasteiger partial charge in [0.25, 0.3) is 0 Å². The first-order chi connectivity index (χ1) is 6.88. The zero-order valence-electron chi connectivity index (χ0n) is 8.97. The molecule has 1 aliphatic rings. The lowest BCUT2D eigenvalue weighted by molar-refractivity contribution is -0.184. The maximum Gasteiger partial charge on any atom is 0.411 e. The van der Waals surface area contributed by atoms with Crippen LogP contribution in [0, 0.1) is 5.92 Å². The van der Waals surface area contributed by atoms with E-state index in [0.717, 1.165) is 12.1 Å². The highest BCUT2D eigenvalue weighted by Gasteiger charge is 2.30. The van der Waals surface area contributed by atoms with Gasteiger partial charge in [0.15, 0.2) is 0 Å². The van der Waals surface area contributed by atoms with Crippen LogP contribution in [0.4, 0.5) is 13.2 Å². The molecule has 15 heavy (non-hydrogen) atoms. The number of halogens is 3. The smallest absolute Gasteiger partial charge is 0.367 e. The van der Waals surface area contributed by atoms with Gasteiger partial charge in [0.1, 0.15) is 6.61 Å². The Balaban J connectivity index is 2.32. The van der Waals surface area contributed by atoms with Crippen molar-refractivity contribution in [2.24, 2.45) is 10.9 Å². The minimum atomic E-state index is -4.23. The summed E-state index contributed by atoms with van der Waals surface area (Å²) < 4.78 is 40.3. The van der Waals surface area contributed by atoms with E-state index in [9.17, 15) is 13.2 Å². The molecule has 0 aromatic rings. The number of aliphatic imine (C=N–C) groups is 1. The Bertz CT molecular complexity index is 235. The monoisotopic (exact) mass is 223 g/mol. The van der Waals surface area contributed by atoms with Gasteiger partial charge in [-0.25, -0.2) is 0 Å². The summed E-state index contributed by atoms with van der Waals surface area (Å²) >= 11 is 0. The summed E-state index contributed by atoms with van der Waals surface area (Å²) in [5.74, 6) is 0.383. The van der Waals surface area contributed by atoms with Gasteiger partial charge in [-0.05, 0) is 18.8 Å². The lowest BCUT2D eigenvalue weighted by Gasteiger charge is -2.23. The number of ether oxygens (including phenoxy) is 1. The van der Waals surface area contributed by atoms with Gasteiger partial charge in [-0.3, -0.25) is 4.99 Å². The average molecular weight is 223 g/mol. The maximum atomic E-state index is 11.9. The predicted octanol–water partition coefficient (Wildman–Crippen LogP) is 2.82. The van der Waals surface area contributed by atoms with Gasteiger partial charge in [-0.15, -0.1) is 0 Å². The topological polar surface area (TPSA) is 21.6 Å². The van der Waals surface area contributed by atoms with Crippen molar-refractivity contribution in [2.45, 2.75) is 39.0 Å². The Kier molecular flexibility index (Phi) is 4.13. The molecule has 0 amide bonds. The Morgan fingerprint density at radius 2 is 2.13 bits per heavy atom. The highest BCUT2D eigenvalue weighted by atomic mass is 19.4. The van der Waals surface area contributed by atoms with E-state index in [2.05, 4.69) is 4.99 Å². The molecule has 0 saturated carbocycles. The standard InChI is InChI=1S/C10H16F3NO/c1-7(2)9-4-3-8(5-14-9)15-6-10(11,12)13/h7-8H,3-6H2,1-2H3. The van der Waals surface area contributed by atoms with Crippen molar-refractivity contribution in [1.82, 2.24) is 0 Å². The van der Waals surface area contributed by atoms with Gasteiger partial charge in [-0.1, -0.05) is 13.8 Å². The molecule has 1 heterocycles. The Labute approximate surface area is 87.5 Å². The van der Waals surface area contributed by atoms with Gasteiger partial charge in [0.05, 0.1) is 12.6 Å². The summed E-state index contributed by atoms with van der Waals surface area (Å²) in [5.41, 5.74) is 1.09. The van der Waals surface area contributed by atoms with Crippen molar-refractivity contribution in [3.63, 3.8) is 0 Å². The first kappa shape index (κ1) is 12.5. The zero-order valence-corrected chi connectivity index (χ0v) is 8.97. The van der Waals surface area contributed by atoms with Crippen molar-refractivity contribution < 1.29 is 17.9 Å². The van der Waals surface area contributed by atoms with Crippen LogP contribution in [0.1, 0.15) is 26.7 Å². The normalized spacial score (nSPS) is 23.1. The highest BCUT2D eigenvalue weighted by molar-refractivity contribution is 5.86. The van der Waals surface area contributed by atoms with Crippen LogP contribution in [0.2, 0.25) is 0 Å². The van der Waals surface area contributed by atoms with Crippen LogP contribution >= 0.6 is 0 Å². The third-order valence-corrected chi connectivity index (χ3v) is 2.37. The van der Waals surface area contributed by atoms with Crippen molar-refractivity contribution in [1.29, 1.82) is 0 Å². The molecule has 0 aliphatic carbocycles. The summed E-state index contributed by atoms with van der Waals surface area (Å²) in [5, 5.41) is 0. The number of hydrogen-bond donors (Lipinski definition) is 0. The fraction of sp³-hybridized carbons (Fsp3) is 0.900. The van der Waals surface area contributed by atoms with E-state index >= 15 is 0 Å². The minimum absolute atomic E-state index is 0.365. The molecule has 0 bridgehead atoms. The lowest BCUT2D eigenvalue weighted by atomic mass is 9.98. The Morgan fingerprint density at radius 3 is 2.53 bits per heavy atom. The SMILES string of the molecule is CC(C)C1=NCC(OCC(F)(F)F)CC1. The van der Waals surface area contributed by atoms with Crippen molar-refractivity contribution in [3.05, 3.63) is 0 Å². The van der Waals surface area contributed by atoms with Crippen LogP contribution < -0.4 is 0 Å². The third-order valence-electron chi connectivity index (χ3n) is 2.37. The van der Waals surface area contributed by atoms with Crippen molar-refractivity contribution >= 4 is 5.71 Å². The summed E-state index contributed by atoms with van der Waals surface area (Å²) in [6, 6.07) is 0. The lowest BCUT2D eigenvalue weighted by Crippen LogP contribution is -2.29. The first-order valence-corrected chi connectivity index (χ1v) is 5.10. The van der Waals surface area contributed by atoms with E-state index in [0.29, 0.717) is 18.9 Å². The van der Waals surface area contributed by atoms with Crippen LogP contribution in [0.3, 0.4) is 0 Å². The fourth-order valence-electron chi connectivity index (χ4n) is 1.52. The van der Waals surface area contributed by atoms with Crippen LogP contribution in [0.15, 0.2) is 4.99 Å². The Morgan fingerprint density at radius 1 is 1.47 bits per heavy atom. The molecule has 1 atom stereocenters. The number of rotatable bonds is 3. The van der Waals surface area contributed by atoms with Gasteiger partial charge >= 0.3 is 6.18 Å². The zero-order chi connectivity index (χ0) is 11.5. The van der Waals surface area contributed by atoms with Crippen LogP contribution in [-0.2, 0) is 4.74 Å². The van der Waals surface area contributed by atoms with E-state index in [1.807, 2.05) is 13.8 Å². The quantitative estimate of drug-likeness (QED) is 0.721. The number of nitrogens with zero attached hydrogens (tertiary/aromatic N) is 1. The molecule has 5 heteroatoms. The molecule has 0 saturated heterocycles. The fourth-order valence-corrected chi connectivity index (χ4v) is 1.52. The number of hydrogen-bond acceptors (Lipinski definition) is 2. The molecule has 2 nitrogen and oxygen atoms in total. The summed E-state index contributed by atoms with van der Waals surface area (Å²) in [4.78, 5) is 4.24. The van der Waals surface area contributed by atoms with Crippen LogP contribution in [0.25, 0.3) is 0 Å². The van der Waals surface area contributed by atoms with E-state index in [1.165, 1.54) is 0 Å². The first-order valence-electron chi connectivity index (χ1n) is 5.10. The molecule has 1 unspecified atom stereocenters. The largest absolute Gasteiger partial charge is 0.411 e. The molecule has 0 fully saturated rings. The summed E-state index contributed by atoms with van der Waals surface area (Å²) in [6.45, 7) is 3.28. The molecule has 0 spiro atoms. The van der Waals surface area contributed by atoms with Gasteiger partial charge in [0, 0.05) is 5.71 Å². The molecule has 1 aliphatic heterocycles. The second kappa shape index (κ2) is 4.96. The van der Waals surface area contributed by atoms with E-state index < -0.39 is 12.8 Å². The molecular formula is C10H16F3NO. The molecular weight excluding hydrogens is 207 g/mol. The highest BCUT2D eigenvalue weighted by Crippen LogP contribution is 2.20. The third kappa shape index (κ3) is 4.64. The second-order valence-corrected chi connectivity index (χ2v) is 4.07. The molecule has 0 aromatic carbocycles.